The van der Waals surface area contributed by atoms with Gasteiger partial charge in [-0.05, 0) is 30.0 Å². The van der Waals surface area contributed by atoms with E-state index >= 15 is 0 Å². The van der Waals surface area contributed by atoms with Crippen LogP contribution in [0.25, 0.3) is 0 Å². The Morgan fingerprint density at radius 2 is 1.81 bits per heavy atom. The van der Waals surface area contributed by atoms with Crippen LogP contribution in [0.5, 0.6) is 0 Å². The molecule has 0 radical (unpaired) electrons. The second-order valence-electron chi connectivity index (χ2n) is 3.39. The highest BCUT2D eigenvalue weighted by atomic mass is 79.9. The maximum absolute atomic E-state index is 13.4. The SMILES string of the molecule is Fc1cccc(F)c1CC(Br)c1cccs1. The van der Waals surface area contributed by atoms with Crippen LogP contribution in [-0.4, -0.2) is 0 Å². The van der Waals surface area contributed by atoms with Crippen LogP contribution >= 0.6 is 27.3 Å². The van der Waals surface area contributed by atoms with E-state index in [-0.39, 0.29) is 10.4 Å². The quantitative estimate of drug-likeness (QED) is 0.721. The molecule has 0 spiro atoms. The van der Waals surface area contributed by atoms with Crippen molar-refractivity contribution in [1.82, 2.24) is 0 Å². The van der Waals surface area contributed by atoms with Crippen LogP contribution in [0, 0.1) is 11.6 Å². The molecule has 0 fully saturated rings. The summed E-state index contributed by atoms with van der Waals surface area (Å²) in [6, 6.07) is 7.82. The zero-order chi connectivity index (χ0) is 11.5. The van der Waals surface area contributed by atoms with Crippen LogP contribution in [0.15, 0.2) is 35.7 Å². The monoisotopic (exact) mass is 302 g/mol. The minimum Gasteiger partial charge on any atom is -0.207 e. The summed E-state index contributed by atoms with van der Waals surface area (Å²) in [4.78, 5) is 1.03. The molecule has 0 aliphatic carbocycles. The molecule has 0 aliphatic heterocycles. The van der Waals surface area contributed by atoms with Crippen molar-refractivity contribution in [3.8, 4) is 0 Å². The maximum atomic E-state index is 13.4. The summed E-state index contributed by atoms with van der Waals surface area (Å²) in [6.07, 6.45) is 0.318. The van der Waals surface area contributed by atoms with Gasteiger partial charge in [0, 0.05) is 10.4 Å². The molecule has 1 aromatic carbocycles. The second-order valence-corrected chi connectivity index (χ2v) is 5.47. The average Bonchev–Trinajstić information content (AvgIpc) is 2.76. The van der Waals surface area contributed by atoms with Crippen molar-refractivity contribution in [2.45, 2.75) is 11.2 Å². The van der Waals surface area contributed by atoms with Gasteiger partial charge >= 0.3 is 0 Å². The number of benzene rings is 1. The largest absolute Gasteiger partial charge is 0.207 e. The molecule has 0 saturated heterocycles. The topological polar surface area (TPSA) is 0 Å². The maximum Gasteiger partial charge on any atom is 0.129 e. The first-order valence-electron chi connectivity index (χ1n) is 4.79. The summed E-state index contributed by atoms with van der Waals surface area (Å²) < 4.78 is 26.8. The molecule has 0 nitrogen and oxygen atoms in total. The van der Waals surface area contributed by atoms with E-state index in [0.717, 1.165) is 4.88 Å². The summed E-state index contributed by atoms with van der Waals surface area (Å²) in [5, 5.41) is 1.95. The Kier molecular flexibility index (Phi) is 3.71. The lowest BCUT2D eigenvalue weighted by Crippen LogP contribution is -1.99. The van der Waals surface area contributed by atoms with Gasteiger partial charge in [0.1, 0.15) is 11.6 Å². The molecule has 0 aliphatic rings. The molecule has 1 heterocycles. The fraction of sp³-hybridized carbons (Fsp3) is 0.167. The molecule has 0 N–H and O–H groups in total. The predicted octanol–water partition coefficient (Wildman–Crippen LogP) is 4.71. The Morgan fingerprint density at radius 1 is 1.12 bits per heavy atom. The summed E-state index contributed by atoms with van der Waals surface area (Å²) in [6.45, 7) is 0. The van der Waals surface area contributed by atoms with Crippen molar-refractivity contribution in [1.29, 1.82) is 0 Å². The molecule has 16 heavy (non-hydrogen) atoms. The number of hydrogen-bond donors (Lipinski definition) is 0. The van der Waals surface area contributed by atoms with Crippen LogP contribution < -0.4 is 0 Å². The average molecular weight is 303 g/mol. The lowest BCUT2D eigenvalue weighted by molar-refractivity contribution is 0.554. The first-order valence-corrected chi connectivity index (χ1v) is 6.58. The molecular weight excluding hydrogens is 294 g/mol. The van der Waals surface area contributed by atoms with Gasteiger partial charge in [0.25, 0.3) is 0 Å². The fourth-order valence-electron chi connectivity index (χ4n) is 1.48. The minimum absolute atomic E-state index is 0.0427. The first kappa shape index (κ1) is 11.7. The standard InChI is InChI=1S/C12H9BrF2S/c13-9(12-5-2-6-16-12)7-8-10(14)3-1-4-11(8)15/h1-6,9H,7H2. The van der Waals surface area contributed by atoms with Crippen molar-refractivity contribution in [2.24, 2.45) is 0 Å². The van der Waals surface area contributed by atoms with Crippen LogP contribution in [0.4, 0.5) is 8.78 Å². The summed E-state index contributed by atoms with van der Waals surface area (Å²) in [5.74, 6) is -0.970. The second kappa shape index (κ2) is 5.06. The van der Waals surface area contributed by atoms with Gasteiger partial charge in [-0.1, -0.05) is 28.1 Å². The van der Waals surface area contributed by atoms with E-state index in [1.54, 1.807) is 11.3 Å². The van der Waals surface area contributed by atoms with E-state index in [9.17, 15) is 8.78 Å². The van der Waals surface area contributed by atoms with Gasteiger partial charge in [-0.15, -0.1) is 11.3 Å². The Morgan fingerprint density at radius 3 is 2.38 bits per heavy atom. The van der Waals surface area contributed by atoms with Crippen LogP contribution in [-0.2, 0) is 6.42 Å². The Labute approximate surface area is 105 Å². The third kappa shape index (κ3) is 2.50. The Hall–Kier alpha value is -0.740. The van der Waals surface area contributed by atoms with E-state index in [1.165, 1.54) is 18.2 Å². The number of alkyl halides is 1. The van der Waals surface area contributed by atoms with Gasteiger partial charge in [-0.2, -0.15) is 0 Å². The first-order chi connectivity index (χ1) is 7.68. The normalized spacial score (nSPS) is 12.7. The van der Waals surface area contributed by atoms with E-state index in [4.69, 9.17) is 0 Å². The summed E-state index contributed by atoms with van der Waals surface area (Å²) in [7, 11) is 0. The third-order valence-electron chi connectivity index (χ3n) is 2.30. The Bertz CT molecular complexity index is 448. The fourth-order valence-corrected chi connectivity index (χ4v) is 2.98. The van der Waals surface area contributed by atoms with Crippen LogP contribution in [0.2, 0.25) is 0 Å². The molecule has 4 heteroatoms. The molecule has 84 valence electrons. The van der Waals surface area contributed by atoms with E-state index in [2.05, 4.69) is 15.9 Å². The lowest BCUT2D eigenvalue weighted by Gasteiger charge is -2.09. The van der Waals surface area contributed by atoms with Crippen molar-refractivity contribution < 1.29 is 8.78 Å². The minimum atomic E-state index is -0.485. The molecular formula is C12H9BrF2S. The van der Waals surface area contributed by atoms with Gasteiger partial charge in [-0.3, -0.25) is 0 Å². The molecule has 2 rings (SSSR count). The van der Waals surface area contributed by atoms with E-state index < -0.39 is 11.6 Å². The van der Waals surface area contributed by atoms with Crippen LogP contribution in [0.3, 0.4) is 0 Å². The molecule has 1 atom stereocenters. The van der Waals surface area contributed by atoms with Gasteiger partial charge in [0.05, 0.1) is 4.83 Å². The van der Waals surface area contributed by atoms with E-state index in [0.29, 0.717) is 6.42 Å². The molecule has 1 unspecified atom stereocenters. The van der Waals surface area contributed by atoms with Crippen molar-refractivity contribution in [3.05, 3.63) is 57.8 Å². The molecule has 0 bridgehead atoms. The van der Waals surface area contributed by atoms with Gasteiger partial charge in [0.15, 0.2) is 0 Å². The van der Waals surface area contributed by atoms with Crippen LogP contribution in [0.1, 0.15) is 15.3 Å². The third-order valence-corrected chi connectivity index (χ3v) is 4.40. The highest BCUT2D eigenvalue weighted by molar-refractivity contribution is 9.09. The zero-order valence-corrected chi connectivity index (χ0v) is 10.7. The van der Waals surface area contributed by atoms with E-state index in [1.807, 2.05) is 17.5 Å². The van der Waals surface area contributed by atoms with Gasteiger partial charge in [0.2, 0.25) is 0 Å². The summed E-state index contributed by atoms with van der Waals surface area (Å²) in [5.41, 5.74) is 0.137. The molecule has 2 aromatic rings. The van der Waals surface area contributed by atoms with Crippen molar-refractivity contribution in [3.63, 3.8) is 0 Å². The molecule has 0 amide bonds. The van der Waals surface area contributed by atoms with Crippen molar-refractivity contribution >= 4 is 27.3 Å². The smallest absolute Gasteiger partial charge is 0.129 e. The number of halogens is 3. The lowest BCUT2D eigenvalue weighted by atomic mass is 10.1. The number of thiophene rings is 1. The van der Waals surface area contributed by atoms with Gasteiger partial charge < -0.3 is 0 Å². The number of hydrogen-bond acceptors (Lipinski definition) is 1. The van der Waals surface area contributed by atoms with Crippen molar-refractivity contribution in [2.75, 3.05) is 0 Å². The molecule has 0 saturated carbocycles. The number of rotatable bonds is 3. The summed E-state index contributed by atoms with van der Waals surface area (Å²) >= 11 is 5.02. The van der Waals surface area contributed by atoms with Gasteiger partial charge in [-0.25, -0.2) is 8.78 Å². The highest BCUT2D eigenvalue weighted by Gasteiger charge is 2.15. The zero-order valence-electron chi connectivity index (χ0n) is 8.29. The Balaban J connectivity index is 2.21. The molecule has 1 aromatic heterocycles. The predicted molar refractivity (Wildman–Crippen MR) is 66.0 cm³/mol. The highest BCUT2D eigenvalue weighted by Crippen LogP contribution is 2.31.